The van der Waals surface area contributed by atoms with Crippen LogP contribution >= 0.6 is 0 Å². The van der Waals surface area contributed by atoms with Crippen LogP contribution < -0.4 is 10.1 Å². The molecule has 2 aromatic rings. The quantitative estimate of drug-likeness (QED) is 0.851. The highest BCUT2D eigenvalue weighted by atomic mass is 16.5. The van der Waals surface area contributed by atoms with Crippen molar-refractivity contribution in [2.75, 3.05) is 12.4 Å². The van der Waals surface area contributed by atoms with Gasteiger partial charge in [0, 0.05) is 5.69 Å². The Morgan fingerprint density at radius 1 is 1.19 bits per heavy atom. The summed E-state index contributed by atoms with van der Waals surface area (Å²) >= 11 is 0. The molecule has 16 heavy (non-hydrogen) atoms. The molecule has 0 aliphatic heterocycles. The Kier molecular flexibility index (Phi) is 3.15. The Morgan fingerprint density at radius 2 is 1.94 bits per heavy atom. The van der Waals surface area contributed by atoms with Crippen LogP contribution in [0.2, 0.25) is 0 Å². The van der Waals surface area contributed by atoms with Gasteiger partial charge in [-0.05, 0) is 43.3 Å². The lowest BCUT2D eigenvalue weighted by molar-refractivity contribution is 0.415. The Bertz CT molecular complexity index is 420. The van der Waals surface area contributed by atoms with Crippen molar-refractivity contribution in [3.63, 3.8) is 0 Å². The summed E-state index contributed by atoms with van der Waals surface area (Å²) in [6.07, 6.45) is 1.68. The fraction of sp³-hybridized carbons (Fsp3) is 0.231. The average molecular weight is 217 g/mol. The van der Waals surface area contributed by atoms with Gasteiger partial charge in [-0.1, -0.05) is 0 Å². The maximum atomic E-state index is 5.33. The van der Waals surface area contributed by atoms with E-state index in [1.54, 1.807) is 13.4 Å². The number of methoxy groups -OCH3 is 1. The summed E-state index contributed by atoms with van der Waals surface area (Å²) in [6.45, 7) is 2.06. The van der Waals surface area contributed by atoms with Crippen LogP contribution in [0, 0.1) is 0 Å². The zero-order chi connectivity index (χ0) is 11.4. The van der Waals surface area contributed by atoms with Crippen molar-refractivity contribution in [1.29, 1.82) is 0 Å². The Labute approximate surface area is 95.0 Å². The summed E-state index contributed by atoms with van der Waals surface area (Å²) in [4.78, 5) is 0. The molecule has 0 radical (unpaired) electrons. The molecule has 1 heterocycles. The molecule has 0 aliphatic rings. The van der Waals surface area contributed by atoms with Crippen molar-refractivity contribution in [3.8, 4) is 5.75 Å². The van der Waals surface area contributed by atoms with E-state index in [0.717, 1.165) is 17.2 Å². The van der Waals surface area contributed by atoms with Crippen LogP contribution in [-0.4, -0.2) is 7.11 Å². The van der Waals surface area contributed by atoms with Crippen LogP contribution in [-0.2, 0) is 0 Å². The van der Waals surface area contributed by atoms with Crippen LogP contribution in [0.3, 0.4) is 0 Å². The minimum atomic E-state index is 0.156. The van der Waals surface area contributed by atoms with E-state index >= 15 is 0 Å². The molecule has 0 spiro atoms. The molecule has 2 rings (SSSR count). The SMILES string of the molecule is COc1ccc(N[C@H](C)c2ccco2)cc1. The van der Waals surface area contributed by atoms with E-state index in [0.29, 0.717) is 0 Å². The highest BCUT2D eigenvalue weighted by Gasteiger charge is 2.07. The first-order valence-corrected chi connectivity index (χ1v) is 5.23. The van der Waals surface area contributed by atoms with Gasteiger partial charge in [-0.3, -0.25) is 0 Å². The van der Waals surface area contributed by atoms with Crippen LogP contribution in [0.1, 0.15) is 18.7 Å². The first kappa shape index (κ1) is 10.6. The predicted molar refractivity (Wildman–Crippen MR) is 63.7 cm³/mol. The summed E-state index contributed by atoms with van der Waals surface area (Å²) in [5, 5.41) is 3.35. The van der Waals surface area contributed by atoms with Crippen molar-refractivity contribution in [2.24, 2.45) is 0 Å². The molecule has 1 aromatic heterocycles. The van der Waals surface area contributed by atoms with Gasteiger partial charge in [-0.2, -0.15) is 0 Å². The number of rotatable bonds is 4. The lowest BCUT2D eigenvalue weighted by Gasteiger charge is -2.13. The second-order valence-electron chi connectivity index (χ2n) is 3.61. The minimum absolute atomic E-state index is 0.156. The molecule has 0 amide bonds. The van der Waals surface area contributed by atoms with Gasteiger partial charge in [-0.25, -0.2) is 0 Å². The molecule has 1 aromatic carbocycles. The van der Waals surface area contributed by atoms with Gasteiger partial charge in [0.2, 0.25) is 0 Å². The van der Waals surface area contributed by atoms with Gasteiger partial charge >= 0.3 is 0 Å². The van der Waals surface area contributed by atoms with Crippen LogP contribution in [0.25, 0.3) is 0 Å². The third kappa shape index (κ3) is 2.37. The predicted octanol–water partition coefficient (Wildman–Crippen LogP) is 3.46. The van der Waals surface area contributed by atoms with Crippen LogP contribution in [0.15, 0.2) is 47.1 Å². The number of ether oxygens (including phenoxy) is 1. The van der Waals surface area contributed by atoms with E-state index in [-0.39, 0.29) is 6.04 Å². The molecular weight excluding hydrogens is 202 g/mol. The number of hydrogen-bond acceptors (Lipinski definition) is 3. The number of hydrogen-bond donors (Lipinski definition) is 1. The third-order valence-electron chi connectivity index (χ3n) is 2.44. The fourth-order valence-electron chi connectivity index (χ4n) is 1.55. The van der Waals surface area contributed by atoms with E-state index in [9.17, 15) is 0 Å². The van der Waals surface area contributed by atoms with Gasteiger partial charge in [0.1, 0.15) is 11.5 Å². The van der Waals surface area contributed by atoms with Gasteiger partial charge in [0.25, 0.3) is 0 Å². The second-order valence-corrected chi connectivity index (χ2v) is 3.61. The van der Waals surface area contributed by atoms with Crippen LogP contribution in [0.5, 0.6) is 5.75 Å². The smallest absolute Gasteiger partial charge is 0.125 e. The van der Waals surface area contributed by atoms with Crippen molar-refractivity contribution < 1.29 is 9.15 Å². The summed E-state index contributed by atoms with van der Waals surface area (Å²) in [5.74, 6) is 1.78. The number of benzene rings is 1. The van der Waals surface area contributed by atoms with Crippen LogP contribution in [0.4, 0.5) is 5.69 Å². The third-order valence-corrected chi connectivity index (χ3v) is 2.44. The lowest BCUT2D eigenvalue weighted by atomic mass is 10.2. The topological polar surface area (TPSA) is 34.4 Å². The molecular formula is C13H15NO2. The van der Waals surface area contributed by atoms with Crippen molar-refractivity contribution in [3.05, 3.63) is 48.4 Å². The Balaban J connectivity index is 2.03. The highest BCUT2D eigenvalue weighted by Crippen LogP contribution is 2.21. The standard InChI is InChI=1S/C13H15NO2/c1-10(13-4-3-9-16-13)14-11-5-7-12(15-2)8-6-11/h3-10,14H,1-2H3/t10-/m1/s1. The molecule has 0 saturated carbocycles. The molecule has 1 N–H and O–H groups in total. The first-order valence-electron chi connectivity index (χ1n) is 5.23. The minimum Gasteiger partial charge on any atom is -0.497 e. The second kappa shape index (κ2) is 4.75. The zero-order valence-electron chi connectivity index (χ0n) is 9.44. The van der Waals surface area contributed by atoms with Gasteiger partial charge in [0.15, 0.2) is 0 Å². The summed E-state index contributed by atoms with van der Waals surface area (Å²) < 4.78 is 10.4. The number of nitrogens with one attached hydrogen (secondary N) is 1. The number of anilines is 1. The highest BCUT2D eigenvalue weighted by molar-refractivity contribution is 5.47. The normalized spacial score (nSPS) is 12.1. The molecule has 3 nitrogen and oxygen atoms in total. The average Bonchev–Trinajstić information content (AvgIpc) is 2.83. The molecule has 0 fully saturated rings. The van der Waals surface area contributed by atoms with E-state index in [1.165, 1.54) is 0 Å². The molecule has 1 atom stereocenters. The van der Waals surface area contributed by atoms with Crippen molar-refractivity contribution in [1.82, 2.24) is 0 Å². The van der Waals surface area contributed by atoms with E-state index in [1.807, 2.05) is 36.4 Å². The maximum Gasteiger partial charge on any atom is 0.125 e. The lowest BCUT2D eigenvalue weighted by Crippen LogP contribution is -2.05. The fourth-order valence-corrected chi connectivity index (χ4v) is 1.55. The molecule has 0 bridgehead atoms. The number of furan rings is 1. The molecule has 0 aliphatic carbocycles. The van der Waals surface area contributed by atoms with Crippen molar-refractivity contribution >= 4 is 5.69 Å². The maximum absolute atomic E-state index is 5.33. The summed E-state index contributed by atoms with van der Waals surface area (Å²) in [6, 6.07) is 11.8. The first-order chi connectivity index (χ1) is 7.79. The molecule has 0 saturated heterocycles. The van der Waals surface area contributed by atoms with E-state index in [4.69, 9.17) is 9.15 Å². The van der Waals surface area contributed by atoms with E-state index in [2.05, 4.69) is 12.2 Å². The van der Waals surface area contributed by atoms with E-state index < -0.39 is 0 Å². The summed E-state index contributed by atoms with van der Waals surface area (Å²) in [7, 11) is 1.66. The summed E-state index contributed by atoms with van der Waals surface area (Å²) in [5.41, 5.74) is 1.05. The zero-order valence-corrected chi connectivity index (χ0v) is 9.44. The molecule has 84 valence electrons. The molecule has 3 heteroatoms. The van der Waals surface area contributed by atoms with Gasteiger partial charge in [0.05, 0.1) is 19.4 Å². The van der Waals surface area contributed by atoms with Crippen molar-refractivity contribution in [2.45, 2.75) is 13.0 Å². The van der Waals surface area contributed by atoms with Gasteiger partial charge < -0.3 is 14.5 Å². The Hall–Kier alpha value is -1.90. The molecule has 0 unspecified atom stereocenters. The van der Waals surface area contributed by atoms with Gasteiger partial charge in [-0.15, -0.1) is 0 Å². The Morgan fingerprint density at radius 3 is 2.50 bits per heavy atom. The monoisotopic (exact) mass is 217 g/mol. The largest absolute Gasteiger partial charge is 0.497 e.